The number of thioether (sulfide) groups is 1. The third-order valence-corrected chi connectivity index (χ3v) is 14.5. The van der Waals surface area contributed by atoms with Crippen LogP contribution in [0.2, 0.25) is 10.0 Å². The lowest BCUT2D eigenvalue weighted by molar-refractivity contribution is -0.136. The molecule has 0 spiro atoms. The molecule has 5 N–H and O–H groups in total. The first kappa shape index (κ1) is 58.7. The van der Waals surface area contributed by atoms with Gasteiger partial charge in [-0.25, -0.2) is 4.39 Å². The van der Waals surface area contributed by atoms with Gasteiger partial charge in [-0.1, -0.05) is 144 Å². The van der Waals surface area contributed by atoms with Gasteiger partial charge in [-0.3, -0.25) is 14.4 Å². The van der Waals surface area contributed by atoms with Gasteiger partial charge in [0.2, 0.25) is 0 Å². The molecule has 0 aliphatic carbocycles. The number of hydrogen-bond donors (Lipinski definition) is 5. The van der Waals surface area contributed by atoms with Gasteiger partial charge < -0.3 is 35.4 Å². The van der Waals surface area contributed by atoms with Crippen LogP contribution in [0.4, 0.5) is 15.8 Å². The largest absolute Gasteiger partial charge is 0.504 e. The highest BCUT2D eigenvalue weighted by atomic mass is 35.5. The lowest BCUT2D eigenvalue weighted by Crippen LogP contribution is -2.31. The Balaban J connectivity index is 0.000000373. The van der Waals surface area contributed by atoms with Crippen LogP contribution in [0.25, 0.3) is 0 Å². The van der Waals surface area contributed by atoms with Crippen LogP contribution in [-0.2, 0) is 48.9 Å². The molecule has 4 aromatic carbocycles. The lowest BCUT2D eigenvalue weighted by Gasteiger charge is -2.31. The standard InChI is InChI=1S/C30H42ClNO5S.C25H33ClFNO3/c1-9-20-24(38-15-14-25(33)34)17-22(27(35)26(20)31)32-28(36)18(4)37-23-13-12-19(29(5,6)10-2)16-21(23)30(7,8)11-3;1-9-16-18(27)13-19(22(29)21(16)26)28-23(30)14(2)31-20-11-10-15(24(3,4)5)12-17(20)25(6,7)8/h12-13,16-18,35H,9-11,14-15H2,1-8H3,(H,32,36)(H,33,34);10-14,29H,9H2,1-8H3,(H,28,30). The van der Waals surface area contributed by atoms with Gasteiger partial charge >= 0.3 is 5.97 Å². The molecular formula is C55H75Cl2FN2O8S. The Kier molecular flexibility index (Phi) is 20.4. The summed E-state index contributed by atoms with van der Waals surface area (Å²) in [6.07, 6.45) is 1.04. The summed E-state index contributed by atoms with van der Waals surface area (Å²) in [6, 6.07) is 14.9. The molecule has 0 aliphatic heterocycles. The summed E-state index contributed by atoms with van der Waals surface area (Å²) in [5, 5.41) is 35.2. The number of carbonyl (C=O) groups is 3. The van der Waals surface area contributed by atoms with Crippen molar-refractivity contribution < 1.29 is 43.6 Å². The van der Waals surface area contributed by atoms with Crippen molar-refractivity contribution in [1.82, 2.24) is 0 Å². The van der Waals surface area contributed by atoms with Gasteiger partial charge in [0.15, 0.2) is 23.7 Å². The quantitative estimate of drug-likeness (QED) is 0.0484. The van der Waals surface area contributed by atoms with E-state index in [1.165, 1.54) is 22.9 Å². The molecule has 0 saturated carbocycles. The van der Waals surface area contributed by atoms with E-state index in [4.69, 9.17) is 37.8 Å². The number of carbonyl (C=O) groups excluding carboxylic acids is 2. The molecular weight excluding hydrogens is 939 g/mol. The van der Waals surface area contributed by atoms with Crippen molar-refractivity contribution in [3.63, 3.8) is 0 Å². The van der Waals surface area contributed by atoms with Crippen molar-refractivity contribution in [2.75, 3.05) is 16.4 Å². The molecule has 2 unspecified atom stereocenters. The Labute approximate surface area is 424 Å². The zero-order chi connectivity index (χ0) is 52.6. The van der Waals surface area contributed by atoms with Crippen LogP contribution in [0.3, 0.4) is 0 Å². The monoisotopic (exact) mass is 1010 g/mol. The average molecular weight is 1010 g/mol. The van der Waals surface area contributed by atoms with Gasteiger partial charge in [0.1, 0.15) is 17.3 Å². The van der Waals surface area contributed by atoms with E-state index < -0.39 is 35.8 Å². The molecule has 10 nitrogen and oxygen atoms in total. The average Bonchev–Trinajstić information content (AvgIpc) is 3.26. The van der Waals surface area contributed by atoms with E-state index >= 15 is 0 Å². The molecule has 0 aromatic heterocycles. The molecule has 2 amide bonds. The topological polar surface area (TPSA) is 154 Å². The predicted octanol–water partition coefficient (Wildman–Crippen LogP) is 14.7. The lowest BCUT2D eigenvalue weighted by atomic mass is 9.76. The molecule has 14 heteroatoms. The molecule has 0 heterocycles. The normalized spacial score (nSPS) is 12.9. The van der Waals surface area contributed by atoms with Crippen molar-refractivity contribution in [2.24, 2.45) is 0 Å². The van der Waals surface area contributed by atoms with E-state index in [9.17, 15) is 29.0 Å². The van der Waals surface area contributed by atoms with E-state index in [2.05, 4.69) is 112 Å². The van der Waals surface area contributed by atoms with Crippen LogP contribution in [0.5, 0.6) is 23.0 Å². The third-order valence-electron chi connectivity index (χ3n) is 12.6. The number of ether oxygens (including phenoxy) is 2. The predicted molar refractivity (Wildman–Crippen MR) is 282 cm³/mol. The van der Waals surface area contributed by atoms with Crippen molar-refractivity contribution in [2.45, 2.75) is 182 Å². The first-order valence-corrected chi connectivity index (χ1v) is 25.4. The number of carboxylic acids is 1. The number of anilines is 2. The number of rotatable bonds is 18. The van der Waals surface area contributed by atoms with E-state index in [0.717, 1.165) is 34.9 Å². The second-order valence-corrected chi connectivity index (χ2v) is 22.6. The first-order chi connectivity index (χ1) is 31.8. The van der Waals surface area contributed by atoms with Crippen LogP contribution in [-0.4, -0.2) is 51.1 Å². The molecule has 0 radical (unpaired) electrons. The van der Waals surface area contributed by atoms with Crippen LogP contribution >= 0.6 is 35.0 Å². The van der Waals surface area contributed by atoms with Crippen molar-refractivity contribution in [3.05, 3.63) is 97.8 Å². The maximum atomic E-state index is 14.2. The van der Waals surface area contributed by atoms with Gasteiger partial charge in [-0.05, 0) is 102 Å². The van der Waals surface area contributed by atoms with E-state index in [1.807, 2.05) is 25.1 Å². The minimum absolute atomic E-state index is 0.0104. The van der Waals surface area contributed by atoms with E-state index in [1.54, 1.807) is 26.8 Å². The summed E-state index contributed by atoms with van der Waals surface area (Å²) >= 11 is 13.8. The van der Waals surface area contributed by atoms with Crippen molar-refractivity contribution in [3.8, 4) is 23.0 Å². The number of halogens is 3. The Hall–Kier alpha value is -4.65. The van der Waals surface area contributed by atoms with Crippen LogP contribution < -0.4 is 20.1 Å². The van der Waals surface area contributed by atoms with Gasteiger partial charge in [0, 0.05) is 27.8 Å². The molecule has 2 atom stereocenters. The SMILES string of the molecule is CCc1c(F)cc(NC(=O)C(C)Oc2ccc(C(C)(C)C)cc2C(C)(C)C)c(O)c1Cl.CCc1c(SCCC(=O)O)cc(NC(=O)C(C)Oc2ccc(C(C)(C)CC)cc2C(C)(C)CC)c(O)c1Cl. The molecule has 0 saturated heterocycles. The fraction of sp³-hybridized carbons (Fsp3) is 0.509. The summed E-state index contributed by atoms with van der Waals surface area (Å²) in [5.41, 5.74) is 5.08. The van der Waals surface area contributed by atoms with Gasteiger partial charge in [0.05, 0.1) is 27.8 Å². The number of carboxylic acid groups (broad SMARTS) is 1. The smallest absolute Gasteiger partial charge is 0.304 e. The number of phenolic OH excluding ortho intramolecular Hbond substituents is 2. The highest BCUT2D eigenvalue weighted by Crippen LogP contribution is 2.43. The van der Waals surface area contributed by atoms with Crippen LogP contribution in [0.1, 0.15) is 163 Å². The number of benzene rings is 4. The summed E-state index contributed by atoms with van der Waals surface area (Å²) in [5.74, 6) is -1.39. The molecule has 4 rings (SSSR count). The highest BCUT2D eigenvalue weighted by Gasteiger charge is 2.30. The summed E-state index contributed by atoms with van der Waals surface area (Å²) in [4.78, 5) is 37.6. The molecule has 0 bridgehead atoms. The maximum Gasteiger partial charge on any atom is 0.304 e. The maximum absolute atomic E-state index is 14.2. The number of hydrogen-bond acceptors (Lipinski definition) is 8. The number of aromatic hydroxyl groups is 2. The number of phenols is 2. The van der Waals surface area contributed by atoms with Gasteiger partial charge in [0.25, 0.3) is 11.8 Å². The molecule has 0 fully saturated rings. The Morgan fingerprint density at radius 1 is 0.652 bits per heavy atom. The van der Waals surface area contributed by atoms with E-state index in [0.29, 0.717) is 35.7 Å². The fourth-order valence-electron chi connectivity index (χ4n) is 7.14. The van der Waals surface area contributed by atoms with E-state index in [-0.39, 0.29) is 66.6 Å². The molecule has 4 aromatic rings. The summed E-state index contributed by atoms with van der Waals surface area (Å²) < 4.78 is 26.4. The zero-order valence-corrected chi connectivity index (χ0v) is 45.8. The summed E-state index contributed by atoms with van der Waals surface area (Å²) in [6.45, 7) is 32.7. The third kappa shape index (κ3) is 15.2. The van der Waals surface area contributed by atoms with Crippen LogP contribution in [0.15, 0.2) is 53.4 Å². The minimum atomic E-state index is -0.892. The van der Waals surface area contributed by atoms with Crippen LogP contribution in [0, 0.1) is 5.82 Å². The number of amides is 2. The minimum Gasteiger partial charge on any atom is -0.504 e. The highest BCUT2D eigenvalue weighted by molar-refractivity contribution is 7.99. The Morgan fingerprint density at radius 2 is 1.10 bits per heavy atom. The molecule has 380 valence electrons. The second kappa shape index (κ2) is 24.0. The zero-order valence-electron chi connectivity index (χ0n) is 43.4. The van der Waals surface area contributed by atoms with Crippen molar-refractivity contribution >= 4 is 64.1 Å². The molecule has 0 aliphatic rings. The van der Waals surface area contributed by atoms with Gasteiger partial charge in [-0.2, -0.15) is 0 Å². The second-order valence-electron chi connectivity index (χ2n) is 20.7. The summed E-state index contributed by atoms with van der Waals surface area (Å²) in [7, 11) is 0. The number of aliphatic carboxylic acids is 1. The number of nitrogens with one attached hydrogen (secondary N) is 2. The Bertz CT molecular complexity index is 2480. The van der Waals surface area contributed by atoms with Crippen molar-refractivity contribution in [1.29, 1.82) is 0 Å². The fourth-order valence-corrected chi connectivity index (χ4v) is 8.98. The molecule has 69 heavy (non-hydrogen) atoms. The first-order valence-electron chi connectivity index (χ1n) is 23.7. The Morgan fingerprint density at radius 3 is 1.55 bits per heavy atom. The van der Waals surface area contributed by atoms with Gasteiger partial charge in [-0.15, -0.1) is 11.8 Å².